The Hall–Kier alpha value is -3.26. The molecule has 5 heteroatoms. The van der Waals surface area contributed by atoms with Crippen LogP contribution in [0.25, 0.3) is 6.08 Å². The van der Waals surface area contributed by atoms with Gasteiger partial charge in [0.05, 0.1) is 7.11 Å². The molecular weight excluding hydrogens is 326 g/mol. The summed E-state index contributed by atoms with van der Waals surface area (Å²) in [6.07, 6.45) is 1.59. The summed E-state index contributed by atoms with van der Waals surface area (Å²) in [5.41, 5.74) is 2.58. The lowest BCUT2D eigenvalue weighted by Gasteiger charge is -2.20. The van der Waals surface area contributed by atoms with Gasteiger partial charge in [0, 0.05) is 24.5 Å². The van der Waals surface area contributed by atoms with Crippen LogP contribution in [-0.4, -0.2) is 26.1 Å². The SMILES string of the molecule is CCN(CC)c1ccc(C=C(C#N)C(=O)Nc2ccc(OC)cc2)cc1. The zero-order chi connectivity index (χ0) is 18.9. The van der Waals surface area contributed by atoms with E-state index in [4.69, 9.17) is 4.74 Å². The van der Waals surface area contributed by atoms with Gasteiger partial charge in [-0.05, 0) is 61.9 Å². The van der Waals surface area contributed by atoms with Gasteiger partial charge in [0.2, 0.25) is 0 Å². The van der Waals surface area contributed by atoms with E-state index in [9.17, 15) is 10.1 Å². The zero-order valence-electron chi connectivity index (χ0n) is 15.3. The first-order chi connectivity index (χ1) is 12.6. The standard InChI is InChI=1S/C21H23N3O2/c1-4-24(5-2)19-10-6-16(7-11-19)14-17(15-22)21(25)23-18-8-12-20(26-3)13-9-18/h6-14H,4-5H2,1-3H3,(H,23,25). The van der Waals surface area contributed by atoms with Crippen LogP contribution < -0.4 is 15.0 Å². The van der Waals surface area contributed by atoms with E-state index < -0.39 is 5.91 Å². The highest BCUT2D eigenvalue weighted by molar-refractivity contribution is 6.09. The highest BCUT2D eigenvalue weighted by Gasteiger charge is 2.10. The molecule has 0 bridgehead atoms. The molecule has 0 aliphatic rings. The van der Waals surface area contributed by atoms with E-state index in [-0.39, 0.29) is 5.57 Å². The highest BCUT2D eigenvalue weighted by Crippen LogP contribution is 2.18. The third-order valence-corrected chi connectivity index (χ3v) is 4.05. The van der Waals surface area contributed by atoms with Crippen molar-refractivity contribution in [2.75, 3.05) is 30.4 Å². The molecular formula is C21H23N3O2. The summed E-state index contributed by atoms with van der Waals surface area (Å²) in [5, 5.41) is 12.0. The number of hydrogen-bond donors (Lipinski definition) is 1. The number of amides is 1. The molecule has 0 heterocycles. The van der Waals surface area contributed by atoms with Gasteiger partial charge < -0.3 is 15.0 Å². The van der Waals surface area contributed by atoms with Crippen molar-refractivity contribution in [3.63, 3.8) is 0 Å². The predicted octanol–water partition coefficient (Wildman–Crippen LogP) is 4.09. The Labute approximate surface area is 154 Å². The summed E-state index contributed by atoms with van der Waals surface area (Å²) in [4.78, 5) is 14.6. The normalized spacial score (nSPS) is 10.8. The van der Waals surface area contributed by atoms with Crippen LogP contribution in [0.1, 0.15) is 19.4 Å². The number of carbonyl (C=O) groups excluding carboxylic acids is 1. The highest BCUT2D eigenvalue weighted by atomic mass is 16.5. The van der Waals surface area contributed by atoms with Crippen LogP contribution in [0.15, 0.2) is 54.1 Å². The van der Waals surface area contributed by atoms with Gasteiger partial charge in [0.1, 0.15) is 17.4 Å². The van der Waals surface area contributed by atoms with Crippen LogP contribution in [0.3, 0.4) is 0 Å². The second-order valence-electron chi connectivity index (χ2n) is 5.62. The topological polar surface area (TPSA) is 65.4 Å². The molecule has 134 valence electrons. The molecule has 0 aliphatic carbocycles. The van der Waals surface area contributed by atoms with Gasteiger partial charge in [-0.3, -0.25) is 4.79 Å². The Balaban J connectivity index is 2.13. The molecule has 0 radical (unpaired) electrons. The fourth-order valence-corrected chi connectivity index (χ4v) is 2.56. The molecule has 2 aromatic carbocycles. The van der Waals surface area contributed by atoms with Gasteiger partial charge in [-0.2, -0.15) is 5.26 Å². The van der Waals surface area contributed by atoms with Crippen molar-refractivity contribution in [2.45, 2.75) is 13.8 Å². The summed E-state index contributed by atoms with van der Waals surface area (Å²) in [5.74, 6) is 0.262. The molecule has 0 atom stereocenters. The smallest absolute Gasteiger partial charge is 0.266 e. The second kappa shape index (κ2) is 9.28. The lowest BCUT2D eigenvalue weighted by Crippen LogP contribution is -2.21. The Morgan fingerprint density at radius 2 is 1.73 bits per heavy atom. The monoisotopic (exact) mass is 349 g/mol. The molecule has 0 saturated heterocycles. The van der Waals surface area contributed by atoms with E-state index in [1.807, 2.05) is 30.3 Å². The second-order valence-corrected chi connectivity index (χ2v) is 5.62. The van der Waals surface area contributed by atoms with Gasteiger partial charge >= 0.3 is 0 Å². The summed E-state index contributed by atoms with van der Waals surface area (Å²) in [6.45, 7) is 6.07. The molecule has 2 rings (SSSR count). The van der Waals surface area contributed by atoms with Crippen molar-refractivity contribution >= 4 is 23.4 Å². The third kappa shape index (κ3) is 4.87. The Morgan fingerprint density at radius 3 is 2.23 bits per heavy atom. The number of nitriles is 1. The molecule has 0 aromatic heterocycles. The Morgan fingerprint density at radius 1 is 1.12 bits per heavy atom. The lowest BCUT2D eigenvalue weighted by molar-refractivity contribution is -0.112. The van der Waals surface area contributed by atoms with Crippen LogP contribution in [0, 0.1) is 11.3 Å². The number of carbonyl (C=O) groups is 1. The molecule has 1 amide bonds. The number of nitrogens with one attached hydrogen (secondary N) is 1. The first kappa shape index (κ1) is 19.1. The summed E-state index contributed by atoms with van der Waals surface area (Å²) >= 11 is 0. The fourth-order valence-electron chi connectivity index (χ4n) is 2.56. The number of anilines is 2. The zero-order valence-corrected chi connectivity index (χ0v) is 15.3. The molecule has 0 spiro atoms. The maximum atomic E-state index is 12.3. The first-order valence-corrected chi connectivity index (χ1v) is 8.53. The number of rotatable bonds is 7. The maximum Gasteiger partial charge on any atom is 0.266 e. The average Bonchev–Trinajstić information content (AvgIpc) is 2.68. The largest absolute Gasteiger partial charge is 0.497 e. The third-order valence-electron chi connectivity index (χ3n) is 4.05. The minimum absolute atomic E-state index is 0.0522. The molecule has 0 aliphatic heterocycles. The van der Waals surface area contributed by atoms with Gasteiger partial charge in [-0.25, -0.2) is 0 Å². The van der Waals surface area contributed by atoms with E-state index in [1.54, 1.807) is 37.5 Å². The predicted molar refractivity (Wildman–Crippen MR) is 105 cm³/mol. The number of ether oxygens (including phenoxy) is 1. The van der Waals surface area contributed by atoms with Gasteiger partial charge in [0.15, 0.2) is 0 Å². The van der Waals surface area contributed by atoms with E-state index in [2.05, 4.69) is 24.1 Å². The average molecular weight is 349 g/mol. The van der Waals surface area contributed by atoms with Crippen LogP contribution in [0.4, 0.5) is 11.4 Å². The summed E-state index contributed by atoms with van der Waals surface area (Å²) in [6, 6.07) is 16.7. The van der Waals surface area contributed by atoms with Crippen molar-refractivity contribution in [3.8, 4) is 11.8 Å². The van der Waals surface area contributed by atoms with Crippen molar-refractivity contribution < 1.29 is 9.53 Å². The minimum atomic E-state index is -0.439. The van der Waals surface area contributed by atoms with E-state index in [0.717, 1.165) is 24.3 Å². The van der Waals surface area contributed by atoms with Crippen molar-refractivity contribution in [3.05, 3.63) is 59.7 Å². The number of hydrogen-bond acceptors (Lipinski definition) is 4. The van der Waals surface area contributed by atoms with E-state index in [0.29, 0.717) is 11.4 Å². The van der Waals surface area contributed by atoms with Crippen LogP contribution >= 0.6 is 0 Å². The van der Waals surface area contributed by atoms with Crippen molar-refractivity contribution in [1.29, 1.82) is 5.26 Å². The van der Waals surface area contributed by atoms with Crippen LogP contribution in [0.5, 0.6) is 5.75 Å². The van der Waals surface area contributed by atoms with Gasteiger partial charge in [-0.1, -0.05) is 12.1 Å². The summed E-state index contributed by atoms with van der Waals surface area (Å²) in [7, 11) is 1.58. The lowest BCUT2D eigenvalue weighted by atomic mass is 10.1. The first-order valence-electron chi connectivity index (χ1n) is 8.53. The molecule has 2 aromatic rings. The fraction of sp³-hybridized carbons (Fsp3) is 0.238. The maximum absolute atomic E-state index is 12.3. The van der Waals surface area contributed by atoms with Gasteiger partial charge in [0.25, 0.3) is 5.91 Å². The Bertz CT molecular complexity index is 799. The van der Waals surface area contributed by atoms with Crippen LogP contribution in [0.2, 0.25) is 0 Å². The summed E-state index contributed by atoms with van der Waals surface area (Å²) < 4.78 is 5.08. The molecule has 26 heavy (non-hydrogen) atoms. The Kier molecular flexibility index (Phi) is 6.81. The quantitative estimate of drug-likeness (QED) is 0.604. The van der Waals surface area contributed by atoms with Crippen molar-refractivity contribution in [1.82, 2.24) is 0 Å². The molecule has 0 saturated carbocycles. The molecule has 0 unspecified atom stereocenters. The number of benzene rings is 2. The molecule has 5 nitrogen and oxygen atoms in total. The van der Waals surface area contributed by atoms with Crippen molar-refractivity contribution in [2.24, 2.45) is 0 Å². The van der Waals surface area contributed by atoms with E-state index in [1.165, 1.54) is 0 Å². The number of nitrogens with zero attached hydrogens (tertiary/aromatic N) is 2. The van der Waals surface area contributed by atoms with E-state index >= 15 is 0 Å². The minimum Gasteiger partial charge on any atom is -0.497 e. The van der Waals surface area contributed by atoms with Crippen LogP contribution in [-0.2, 0) is 4.79 Å². The number of methoxy groups -OCH3 is 1. The molecule has 0 fully saturated rings. The molecule has 1 N–H and O–H groups in total. The van der Waals surface area contributed by atoms with Gasteiger partial charge in [-0.15, -0.1) is 0 Å².